The molecule has 1 saturated heterocycles. The Morgan fingerprint density at radius 3 is 2.05 bits per heavy atom. The van der Waals surface area contributed by atoms with E-state index in [1.165, 1.54) is 32.1 Å². The monoisotopic (exact) mass is 311 g/mol. The number of nitrogens with one attached hydrogen (secondary N) is 1. The van der Waals surface area contributed by atoms with Crippen LogP contribution in [0.3, 0.4) is 0 Å². The summed E-state index contributed by atoms with van der Waals surface area (Å²) < 4.78 is 37.0. The molecule has 1 heterocycles. The summed E-state index contributed by atoms with van der Waals surface area (Å²) in [6.45, 7) is 2.28. The maximum Gasteiger partial charge on any atom is 0.490 e. The van der Waals surface area contributed by atoms with Crippen molar-refractivity contribution in [2.45, 2.75) is 38.3 Å². The van der Waals surface area contributed by atoms with Gasteiger partial charge in [-0.15, -0.1) is 0 Å². The van der Waals surface area contributed by atoms with Crippen LogP contribution < -0.4 is 5.32 Å². The number of carboxylic acids is 1. The molecule has 0 bridgehead atoms. The Morgan fingerprint density at radius 2 is 1.67 bits per heavy atom. The summed E-state index contributed by atoms with van der Waals surface area (Å²) in [4.78, 5) is 20.3. The first-order valence-corrected chi connectivity index (χ1v) is 6.98. The maximum absolute atomic E-state index is 11.4. The number of halogens is 3. The Morgan fingerprint density at radius 1 is 1.14 bits per heavy atom. The summed E-state index contributed by atoms with van der Waals surface area (Å²) in [6.07, 6.45) is 1.39. The van der Waals surface area contributed by atoms with E-state index in [1.807, 2.05) is 0 Å². The lowest BCUT2D eigenvalue weighted by Crippen LogP contribution is -2.47. The van der Waals surface area contributed by atoms with Gasteiger partial charge in [0.15, 0.2) is 0 Å². The lowest BCUT2D eigenvalue weighted by molar-refractivity contribution is -0.192. The van der Waals surface area contributed by atoms with Crippen LogP contribution in [0.25, 0.3) is 0 Å². The highest BCUT2D eigenvalue weighted by atomic mass is 19.4. The van der Waals surface area contributed by atoms with Crippen LogP contribution in [0.1, 0.15) is 32.1 Å². The van der Waals surface area contributed by atoms with Gasteiger partial charge < -0.3 is 15.2 Å². The zero-order valence-corrected chi connectivity index (χ0v) is 11.6. The molecule has 2 rings (SSSR count). The molecule has 0 aromatic rings. The molecular formula is C13H20F3NO4. The second-order valence-electron chi connectivity index (χ2n) is 5.29. The third-order valence-corrected chi connectivity index (χ3v) is 3.54. The van der Waals surface area contributed by atoms with Crippen molar-refractivity contribution in [3.63, 3.8) is 0 Å². The number of rotatable bonds is 3. The highest BCUT2D eigenvalue weighted by Crippen LogP contribution is 2.24. The van der Waals surface area contributed by atoms with E-state index in [4.69, 9.17) is 14.6 Å². The van der Waals surface area contributed by atoms with Gasteiger partial charge in [0.1, 0.15) is 0 Å². The average molecular weight is 311 g/mol. The second kappa shape index (κ2) is 8.21. The van der Waals surface area contributed by atoms with Crippen molar-refractivity contribution in [1.29, 1.82) is 0 Å². The van der Waals surface area contributed by atoms with Crippen LogP contribution in [0, 0.1) is 11.8 Å². The van der Waals surface area contributed by atoms with Crippen LogP contribution in [-0.4, -0.2) is 42.9 Å². The summed E-state index contributed by atoms with van der Waals surface area (Å²) in [6, 6.07) is 0. The molecule has 1 aliphatic carbocycles. The Hall–Kier alpha value is -1.31. The van der Waals surface area contributed by atoms with Gasteiger partial charge in [0.25, 0.3) is 0 Å². The Kier molecular flexibility index (Phi) is 6.94. The Labute approximate surface area is 120 Å². The van der Waals surface area contributed by atoms with E-state index in [-0.39, 0.29) is 11.9 Å². The molecule has 0 atom stereocenters. The molecule has 21 heavy (non-hydrogen) atoms. The molecule has 0 spiro atoms. The molecule has 2 aliphatic rings. The molecule has 0 aromatic carbocycles. The first kappa shape index (κ1) is 17.7. The summed E-state index contributed by atoms with van der Waals surface area (Å²) in [5.41, 5.74) is 0. The summed E-state index contributed by atoms with van der Waals surface area (Å²) in [5, 5.41) is 10.2. The van der Waals surface area contributed by atoms with Gasteiger partial charge in [-0.2, -0.15) is 13.2 Å². The maximum atomic E-state index is 11.4. The minimum atomic E-state index is -5.08. The molecule has 8 heteroatoms. The SMILES string of the molecule is O=C(O)C(F)(F)F.O=C(OCC1CCCCC1)C1CNC1. The predicted octanol–water partition coefficient (Wildman–Crippen LogP) is 1.96. The van der Waals surface area contributed by atoms with Crippen LogP contribution in [0.4, 0.5) is 13.2 Å². The third-order valence-electron chi connectivity index (χ3n) is 3.54. The fourth-order valence-corrected chi connectivity index (χ4v) is 2.13. The van der Waals surface area contributed by atoms with Crippen molar-refractivity contribution < 1.29 is 32.6 Å². The molecule has 2 N–H and O–H groups in total. The minimum Gasteiger partial charge on any atom is -0.475 e. The van der Waals surface area contributed by atoms with Crippen LogP contribution in [-0.2, 0) is 14.3 Å². The molecule has 0 radical (unpaired) electrons. The molecule has 5 nitrogen and oxygen atoms in total. The zero-order chi connectivity index (χ0) is 15.9. The summed E-state index contributed by atoms with van der Waals surface area (Å²) >= 11 is 0. The number of esters is 1. The molecule has 122 valence electrons. The highest BCUT2D eigenvalue weighted by Gasteiger charge is 2.38. The van der Waals surface area contributed by atoms with Crippen molar-refractivity contribution >= 4 is 11.9 Å². The van der Waals surface area contributed by atoms with Gasteiger partial charge in [0.2, 0.25) is 0 Å². The molecule has 1 aliphatic heterocycles. The molecule has 1 saturated carbocycles. The van der Waals surface area contributed by atoms with Crippen LogP contribution >= 0.6 is 0 Å². The smallest absolute Gasteiger partial charge is 0.475 e. The first-order chi connectivity index (χ1) is 9.80. The van der Waals surface area contributed by atoms with E-state index in [0.717, 1.165) is 13.1 Å². The molecular weight excluding hydrogens is 291 g/mol. The normalized spacial score (nSPS) is 20.0. The fourth-order valence-electron chi connectivity index (χ4n) is 2.13. The van der Waals surface area contributed by atoms with Crippen molar-refractivity contribution in [1.82, 2.24) is 5.32 Å². The van der Waals surface area contributed by atoms with Crippen molar-refractivity contribution in [2.75, 3.05) is 19.7 Å². The van der Waals surface area contributed by atoms with Crippen LogP contribution in [0.15, 0.2) is 0 Å². The van der Waals surface area contributed by atoms with Crippen molar-refractivity contribution in [2.24, 2.45) is 11.8 Å². The van der Waals surface area contributed by atoms with E-state index in [1.54, 1.807) is 0 Å². The standard InChI is InChI=1S/C11H19NO2.C2HF3O2/c13-11(10-6-12-7-10)14-8-9-4-2-1-3-5-9;3-2(4,5)1(6)7/h9-10,12H,1-8H2;(H,6,7). The van der Waals surface area contributed by atoms with Gasteiger partial charge in [0, 0.05) is 13.1 Å². The van der Waals surface area contributed by atoms with E-state index >= 15 is 0 Å². The van der Waals surface area contributed by atoms with E-state index in [0.29, 0.717) is 12.5 Å². The molecule has 0 unspecified atom stereocenters. The average Bonchev–Trinajstić information content (AvgIpc) is 2.35. The van der Waals surface area contributed by atoms with Gasteiger partial charge in [-0.1, -0.05) is 19.3 Å². The van der Waals surface area contributed by atoms with E-state index in [9.17, 15) is 18.0 Å². The highest BCUT2D eigenvalue weighted by molar-refractivity contribution is 5.74. The lowest BCUT2D eigenvalue weighted by atomic mass is 9.90. The molecule has 0 amide bonds. The van der Waals surface area contributed by atoms with Gasteiger partial charge in [-0.05, 0) is 18.8 Å². The number of carboxylic acid groups (broad SMARTS) is 1. The summed E-state index contributed by atoms with van der Waals surface area (Å²) in [5.74, 6) is -1.97. The quantitative estimate of drug-likeness (QED) is 0.779. The fraction of sp³-hybridized carbons (Fsp3) is 0.846. The van der Waals surface area contributed by atoms with Gasteiger partial charge in [0.05, 0.1) is 12.5 Å². The largest absolute Gasteiger partial charge is 0.490 e. The van der Waals surface area contributed by atoms with Crippen LogP contribution in [0.2, 0.25) is 0 Å². The van der Waals surface area contributed by atoms with Crippen molar-refractivity contribution in [3.8, 4) is 0 Å². The van der Waals surface area contributed by atoms with Crippen molar-refractivity contribution in [3.05, 3.63) is 0 Å². The minimum absolute atomic E-state index is 0.00863. The Balaban J connectivity index is 0.000000270. The van der Waals surface area contributed by atoms with Gasteiger partial charge >= 0.3 is 18.1 Å². The molecule has 0 aromatic heterocycles. The summed E-state index contributed by atoms with van der Waals surface area (Å²) in [7, 11) is 0. The molecule has 2 fully saturated rings. The first-order valence-electron chi connectivity index (χ1n) is 6.98. The number of alkyl halides is 3. The second-order valence-corrected chi connectivity index (χ2v) is 5.29. The Bertz CT molecular complexity index is 350. The zero-order valence-electron chi connectivity index (χ0n) is 11.6. The number of hydrogen-bond donors (Lipinski definition) is 2. The number of aliphatic carboxylic acids is 1. The third kappa shape index (κ3) is 6.79. The van der Waals surface area contributed by atoms with Gasteiger partial charge in [-0.3, -0.25) is 4.79 Å². The topological polar surface area (TPSA) is 75.6 Å². The number of carbonyl (C=O) groups excluding carboxylic acids is 1. The van der Waals surface area contributed by atoms with Gasteiger partial charge in [-0.25, -0.2) is 4.79 Å². The lowest BCUT2D eigenvalue weighted by Gasteiger charge is -2.27. The predicted molar refractivity (Wildman–Crippen MR) is 67.6 cm³/mol. The number of ether oxygens (including phenoxy) is 1. The van der Waals surface area contributed by atoms with E-state index < -0.39 is 12.1 Å². The number of carbonyl (C=O) groups is 2. The number of hydrogen-bond acceptors (Lipinski definition) is 4. The van der Waals surface area contributed by atoms with E-state index in [2.05, 4.69) is 5.32 Å². The van der Waals surface area contributed by atoms with Crippen LogP contribution in [0.5, 0.6) is 0 Å².